The minimum Gasteiger partial charge on any atom is -0.310 e. The summed E-state index contributed by atoms with van der Waals surface area (Å²) in [5.74, 6) is 1.12. The molecule has 0 spiro atoms. The Kier molecular flexibility index (Phi) is 5.01. The molecule has 0 amide bonds. The number of tetrazole rings is 1. The van der Waals surface area contributed by atoms with Gasteiger partial charge in [0.05, 0.1) is 12.6 Å². The van der Waals surface area contributed by atoms with E-state index in [0.29, 0.717) is 18.0 Å². The molecule has 21 heavy (non-hydrogen) atoms. The third-order valence-corrected chi connectivity index (χ3v) is 3.44. The van der Waals surface area contributed by atoms with Gasteiger partial charge in [-0.15, -0.1) is 5.10 Å². The van der Waals surface area contributed by atoms with Crippen LogP contribution >= 0.6 is 0 Å². The molecule has 6 heteroatoms. The van der Waals surface area contributed by atoms with Crippen molar-refractivity contribution < 1.29 is 4.39 Å². The van der Waals surface area contributed by atoms with Gasteiger partial charge in [0.1, 0.15) is 5.82 Å². The zero-order valence-corrected chi connectivity index (χ0v) is 13.0. The highest BCUT2D eigenvalue weighted by molar-refractivity contribution is 5.25. The Morgan fingerprint density at radius 3 is 2.71 bits per heavy atom. The van der Waals surface area contributed by atoms with Gasteiger partial charge in [-0.05, 0) is 53.9 Å². The maximum Gasteiger partial charge on any atom is 0.165 e. The zero-order chi connectivity index (χ0) is 15.4. The molecule has 2 rings (SSSR count). The highest BCUT2D eigenvalue weighted by atomic mass is 19.1. The molecule has 0 aliphatic heterocycles. The molecule has 2 aromatic rings. The van der Waals surface area contributed by atoms with Crippen molar-refractivity contribution >= 4 is 0 Å². The number of hydrogen-bond donors (Lipinski definition) is 1. The first-order chi connectivity index (χ1) is 9.99. The van der Waals surface area contributed by atoms with E-state index >= 15 is 0 Å². The number of nitrogens with one attached hydrogen (secondary N) is 1. The normalized spacial score (nSPS) is 12.9. The largest absolute Gasteiger partial charge is 0.310 e. The van der Waals surface area contributed by atoms with Crippen molar-refractivity contribution in [3.8, 4) is 0 Å². The summed E-state index contributed by atoms with van der Waals surface area (Å²) in [6.07, 6.45) is 0. The van der Waals surface area contributed by atoms with E-state index in [4.69, 9.17) is 0 Å². The lowest BCUT2D eigenvalue weighted by Gasteiger charge is -2.15. The van der Waals surface area contributed by atoms with Gasteiger partial charge in [-0.1, -0.05) is 26.0 Å². The second-order valence-corrected chi connectivity index (χ2v) is 5.75. The number of aryl methyl sites for hydroxylation is 1. The van der Waals surface area contributed by atoms with E-state index < -0.39 is 0 Å². The van der Waals surface area contributed by atoms with Gasteiger partial charge in [0.25, 0.3) is 0 Å². The van der Waals surface area contributed by atoms with Gasteiger partial charge in [-0.2, -0.15) is 0 Å². The molecule has 0 radical (unpaired) electrons. The molecule has 1 heterocycles. The second-order valence-electron chi connectivity index (χ2n) is 5.75. The Labute approximate surface area is 124 Å². The van der Waals surface area contributed by atoms with Crippen molar-refractivity contribution in [2.45, 2.75) is 40.3 Å². The number of benzene rings is 1. The number of nitrogens with zero attached hydrogens (tertiary/aromatic N) is 4. The van der Waals surface area contributed by atoms with E-state index in [2.05, 4.69) is 34.7 Å². The molecule has 0 bridgehead atoms. The Balaban J connectivity index is 2.13. The van der Waals surface area contributed by atoms with Gasteiger partial charge in [0.2, 0.25) is 0 Å². The van der Waals surface area contributed by atoms with E-state index in [-0.39, 0.29) is 11.9 Å². The molecular weight excluding hydrogens is 269 g/mol. The van der Waals surface area contributed by atoms with Gasteiger partial charge in [0, 0.05) is 0 Å². The maximum absolute atomic E-state index is 13.7. The summed E-state index contributed by atoms with van der Waals surface area (Å²) in [4.78, 5) is 0. The quantitative estimate of drug-likeness (QED) is 0.888. The van der Waals surface area contributed by atoms with Crippen LogP contribution in [0.3, 0.4) is 0 Å². The van der Waals surface area contributed by atoms with Crippen molar-refractivity contribution in [3.05, 3.63) is 41.0 Å². The van der Waals surface area contributed by atoms with Crippen molar-refractivity contribution in [1.82, 2.24) is 25.5 Å². The van der Waals surface area contributed by atoms with Crippen LogP contribution in [0.5, 0.6) is 0 Å². The summed E-state index contributed by atoms with van der Waals surface area (Å²) in [6, 6.07) is 5.14. The van der Waals surface area contributed by atoms with Gasteiger partial charge in [0.15, 0.2) is 5.82 Å². The van der Waals surface area contributed by atoms with Crippen LogP contribution < -0.4 is 5.32 Å². The lowest BCUT2D eigenvalue weighted by molar-refractivity contribution is 0.486. The average molecular weight is 291 g/mol. The van der Waals surface area contributed by atoms with Crippen LogP contribution in [-0.2, 0) is 6.54 Å². The van der Waals surface area contributed by atoms with Crippen molar-refractivity contribution in [2.75, 3.05) is 6.54 Å². The molecule has 1 aromatic carbocycles. The second kappa shape index (κ2) is 6.76. The molecule has 0 fully saturated rings. The Morgan fingerprint density at radius 2 is 2.05 bits per heavy atom. The summed E-state index contributed by atoms with van der Waals surface area (Å²) in [6.45, 7) is 9.51. The summed E-state index contributed by atoms with van der Waals surface area (Å²) >= 11 is 0. The van der Waals surface area contributed by atoms with Crippen LogP contribution in [0.1, 0.15) is 43.8 Å². The lowest BCUT2D eigenvalue weighted by atomic mass is 10.1. The fourth-order valence-corrected chi connectivity index (χ4v) is 2.11. The highest BCUT2D eigenvalue weighted by Gasteiger charge is 2.15. The fourth-order valence-electron chi connectivity index (χ4n) is 2.11. The van der Waals surface area contributed by atoms with E-state index in [1.54, 1.807) is 23.7 Å². The number of rotatable bonds is 6. The summed E-state index contributed by atoms with van der Waals surface area (Å²) < 4.78 is 15.4. The Hall–Kier alpha value is -1.82. The first-order valence-electron chi connectivity index (χ1n) is 7.22. The van der Waals surface area contributed by atoms with Crippen LogP contribution in [0, 0.1) is 18.7 Å². The topological polar surface area (TPSA) is 55.6 Å². The van der Waals surface area contributed by atoms with E-state index in [0.717, 1.165) is 17.9 Å². The molecule has 0 aliphatic carbocycles. The van der Waals surface area contributed by atoms with Crippen LogP contribution in [-0.4, -0.2) is 26.8 Å². The number of aromatic nitrogens is 4. The summed E-state index contributed by atoms with van der Waals surface area (Å²) in [5.41, 5.74) is 1.50. The van der Waals surface area contributed by atoms with Crippen LogP contribution in [0.15, 0.2) is 18.2 Å². The number of hydrogen-bond acceptors (Lipinski definition) is 4. The zero-order valence-electron chi connectivity index (χ0n) is 13.0. The third kappa shape index (κ3) is 3.85. The van der Waals surface area contributed by atoms with E-state index in [1.165, 1.54) is 0 Å². The fraction of sp³-hybridized carbons (Fsp3) is 0.533. The molecule has 5 nitrogen and oxygen atoms in total. The SMILES string of the molecule is Cc1ccc(C(C)n2nnnc2CNCC(C)C)cc1F. The van der Waals surface area contributed by atoms with Crippen LogP contribution in [0.4, 0.5) is 4.39 Å². The molecule has 1 unspecified atom stereocenters. The first-order valence-corrected chi connectivity index (χ1v) is 7.22. The van der Waals surface area contributed by atoms with Crippen molar-refractivity contribution in [3.63, 3.8) is 0 Å². The minimum atomic E-state index is -0.202. The molecule has 1 atom stereocenters. The molecule has 0 saturated carbocycles. The molecule has 114 valence electrons. The molecule has 1 aromatic heterocycles. The molecule has 0 saturated heterocycles. The van der Waals surface area contributed by atoms with Crippen molar-refractivity contribution in [2.24, 2.45) is 5.92 Å². The van der Waals surface area contributed by atoms with E-state index in [9.17, 15) is 4.39 Å². The lowest BCUT2D eigenvalue weighted by Crippen LogP contribution is -2.23. The summed E-state index contributed by atoms with van der Waals surface area (Å²) in [7, 11) is 0. The van der Waals surface area contributed by atoms with Gasteiger partial charge in [-0.3, -0.25) is 0 Å². The van der Waals surface area contributed by atoms with Crippen LogP contribution in [0.2, 0.25) is 0 Å². The monoisotopic (exact) mass is 291 g/mol. The highest BCUT2D eigenvalue weighted by Crippen LogP contribution is 2.20. The smallest absolute Gasteiger partial charge is 0.165 e. The average Bonchev–Trinajstić information content (AvgIpc) is 2.89. The molecule has 1 N–H and O–H groups in total. The van der Waals surface area contributed by atoms with Gasteiger partial charge >= 0.3 is 0 Å². The van der Waals surface area contributed by atoms with Gasteiger partial charge in [-0.25, -0.2) is 9.07 Å². The Bertz CT molecular complexity index is 593. The van der Waals surface area contributed by atoms with Crippen LogP contribution in [0.25, 0.3) is 0 Å². The molecule has 0 aliphatic rings. The standard InChI is InChI=1S/C15H22FN5/c1-10(2)8-17-9-15-18-19-20-21(15)12(4)13-6-5-11(3)14(16)7-13/h5-7,10,12,17H,8-9H2,1-4H3. The summed E-state index contributed by atoms with van der Waals surface area (Å²) in [5, 5.41) is 15.1. The van der Waals surface area contributed by atoms with Crippen molar-refractivity contribution in [1.29, 1.82) is 0 Å². The minimum absolute atomic E-state index is 0.106. The predicted octanol–water partition coefficient (Wildman–Crippen LogP) is 2.48. The molecular formula is C15H22FN5. The van der Waals surface area contributed by atoms with E-state index in [1.807, 2.05) is 13.0 Å². The number of halogens is 1. The maximum atomic E-state index is 13.7. The first kappa shape index (κ1) is 15.6. The third-order valence-electron chi connectivity index (χ3n) is 3.44. The predicted molar refractivity (Wildman–Crippen MR) is 79.3 cm³/mol. The Morgan fingerprint density at radius 1 is 1.29 bits per heavy atom. The van der Waals surface area contributed by atoms with Gasteiger partial charge < -0.3 is 5.32 Å².